The molecule has 5 nitrogen and oxygen atoms in total. The van der Waals surface area contributed by atoms with Gasteiger partial charge in [-0.05, 0) is 37.0 Å². The first kappa shape index (κ1) is 18.5. The van der Waals surface area contributed by atoms with Gasteiger partial charge < -0.3 is 10.4 Å². The Balaban J connectivity index is 1.94. The van der Waals surface area contributed by atoms with Crippen LogP contribution in [0.1, 0.15) is 38.7 Å². The van der Waals surface area contributed by atoms with Gasteiger partial charge in [-0.3, -0.25) is 9.36 Å². The number of aliphatic hydroxyl groups is 1. The van der Waals surface area contributed by atoms with Gasteiger partial charge in [0.25, 0.3) is 0 Å². The molecule has 2 rings (SSSR count). The maximum absolute atomic E-state index is 11.8. The molecule has 2 N–H and O–H groups in total. The number of aromatic nitrogens is 2. The maximum Gasteiger partial charge on any atom is 0.230 e. The van der Waals surface area contributed by atoms with E-state index in [4.69, 9.17) is 0 Å². The van der Waals surface area contributed by atoms with Crippen molar-refractivity contribution in [1.29, 1.82) is 0 Å². The lowest BCUT2D eigenvalue weighted by atomic mass is 10.0. The van der Waals surface area contributed by atoms with Crippen LogP contribution in [0, 0.1) is 0 Å². The molecule has 0 fully saturated rings. The van der Waals surface area contributed by atoms with Gasteiger partial charge in [-0.25, -0.2) is 4.98 Å². The van der Waals surface area contributed by atoms with Gasteiger partial charge in [0.05, 0.1) is 11.9 Å². The van der Waals surface area contributed by atoms with Gasteiger partial charge in [0.1, 0.15) is 0 Å². The highest BCUT2D eigenvalue weighted by atomic mass is 32.2. The molecule has 0 radical (unpaired) electrons. The van der Waals surface area contributed by atoms with Crippen molar-refractivity contribution in [2.75, 3.05) is 12.3 Å². The zero-order valence-corrected chi connectivity index (χ0v) is 15.2. The highest BCUT2D eigenvalue weighted by Crippen LogP contribution is 2.22. The lowest BCUT2D eigenvalue weighted by molar-refractivity contribution is -0.118. The van der Waals surface area contributed by atoms with Gasteiger partial charge in [-0.1, -0.05) is 37.7 Å². The first-order valence-electron chi connectivity index (χ1n) is 8.18. The molecule has 1 aromatic heterocycles. The number of benzene rings is 1. The number of aliphatic hydroxyl groups excluding tert-OH is 1. The van der Waals surface area contributed by atoms with Gasteiger partial charge in [0.15, 0.2) is 5.16 Å². The van der Waals surface area contributed by atoms with Gasteiger partial charge in [-0.15, -0.1) is 0 Å². The standard InChI is InChI=1S/C18H25N3O2S/c1-13(2)15-4-6-16(7-5-15)21-11-10-20-18(21)24-12-17(23)19-9-8-14(3)22/h4-7,10-11,13-14,22H,8-9,12H2,1-3H3,(H,19,23). The Morgan fingerprint density at radius 3 is 2.62 bits per heavy atom. The molecule has 1 amide bonds. The summed E-state index contributed by atoms with van der Waals surface area (Å²) in [6.07, 6.45) is 3.81. The van der Waals surface area contributed by atoms with Crippen molar-refractivity contribution in [3.05, 3.63) is 42.2 Å². The summed E-state index contributed by atoms with van der Waals surface area (Å²) >= 11 is 1.40. The Morgan fingerprint density at radius 2 is 2.00 bits per heavy atom. The van der Waals surface area contributed by atoms with Crippen molar-refractivity contribution in [3.8, 4) is 5.69 Å². The van der Waals surface area contributed by atoms with Crippen LogP contribution in [-0.4, -0.2) is 39.0 Å². The molecule has 2 aromatic rings. The molecule has 0 saturated carbocycles. The van der Waals surface area contributed by atoms with Crippen molar-refractivity contribution in [2.24, 2.45) is 0 Å². The number of nitrogens with zero attached hydrogens (tertiary/aromatic N) is 2. The number of nitrogens with one attached hydrogen (secondary N) is 1. The largest absolute Gasteiger partial charge is 0.393 e. The lowest BCUT2D eigenvalue weighted by Crippen LogP contribution is -2.28. The van der Waals surface area contributed by atoms with Gasteiger partial charge in [-0.2, -0.15) is 0 Å². The fraction of sp³-hybridized carbons (Fsp3) is 0.444. The van der Waals surface area contributed by atoms with Crippen LogP contribution in [-0.2, 0) is 4.79 Å². The summed E-state index contributed by atoms with van der Waals surface area (Å²) < 4.78 is 1.98. The van der Waals surface area contributed by atoms with E-state index in [-0.39, 0.29) is 5.91 Å². The van der Waals surface area contributed by atoms with Crippen LogP contribution in [0.3, 0.4) is 0 Å². The second kappa shape index (κ2) is 8.89. The van der Waals surface area contributed by atoms with E-state index in [1.165, 1.54) is 17.3 Å². The summed E-state index contributed by atoms with van der Waals surface area (Å²) in [6, 6.07) is 8.39. The predicted molar refractivity (Wildman–Crippen MR) is 97.7 cm³/mol. The molecule has 0 saturated heterocycles. The third kappa shape index (κ3) is 5.39. The van der Waals surface area contributed by atoms with E-state index in [9.17, 15) is 9.90 Å². The smallest absolute Gasteiger partial charge is 0.230 e. The minimum atomic E-state index is -0.398. The van der Waals surface area contributed by atoms with E-state index in [0.717, 1.165) is 10.8 Å². The summed E-state index contributed by atoms with van der Waals surface area (Å²) in [5.41, 5.74) is 2.33. The monoisotopic (exact) mass is 347 g/mol. The number of rotatable bonds is 8. The van der Waals surface area contributed by atoms with Crippen molar-refractivity contribution in [3.63, 3.8) is 0 Å². The van der Waals surface area contributed by atoms with E-state index in [1.807, 2.05) is 10.8 Å². The van der Waals surface area contributed by atoms with Crippen LogP contribution in [0.25, 0.3) is 5.69 Å². The van der Waals surface area contributed by atoms with E-state index in [0.29, 0.717) is 24.6 Å². The molecule has 0 aliphatic heterocycles. The average Bonchev–Trinajstić information content (AvgIpc) is 3.01. The fourth-order valence-corrected chi connectivity index (χ4v) is 3.02. The first-order chi connectivity index (χ1) is 11.5. The Bertz CT molecular complexity index is 651. The van der Waals surface area contributed by atoms with Crippen LogP contribution in [0.4, 0.5) is 0 Å². The summed E-state index contributed by atoms with van der Waals surface area (Å²) in [4.78, 5) is 16.2. The normalized spacial score (nSPS) is 12.4. The van der Waals surface area contributed by atoms with Crippen molar-refractivity contribution in [2.45, 2.75) is 44.4 Å². The van der Waals surface area contributed by atoms with E-state index < -0.39 is 6.10 Å². The molecule has 0 aliphatic rings. The molecule has 0 spiro atoms. The SMILES string of the molecule is CC(O)CCNC(=O)CSc1nccn1-c1ccc(C(C)C)cc1. The molecule has 130 valence electrons. The molecule has 0 bridgehead atoms. The highest BCUT2D eigenvalue weighted by molar-refractivity contribution is 7.99. The topological polar surface area (TPSA) is 67.2 Å². The quantitative estimate of drug-likeness (QED) is 0.721. The predicted octanol–water partition coefficient (Wildman–Crippen LogP) is 2.97. The molecule has 1 unspecified atom stereocenters. The van der Waals surface area contributed by atoms with Gasteiger partial charge >= 0.3 is 0 Å². The van der Waals surface area contributed by atoms with Crippen molar-refractivity contribution in [1.82, 2.24) is 14.9 Å². The van der Waals surface area contributed by atoms with E-state index in [2.05, 4.69) is 48.4 Å². The second-order valence-electron chi connectivity index (χ2n) is 6.10. The third-order valence-electron chi connectivity index (χ3n) is 3.66. The van der Waals surface area contributed by atoms with Crippen LogP contribution < -0.4 is 5.32 Å². The molecular formula is C18H25N3O2S. The number of carbonyl (C=O) groups is 1. The molecule has 1 heterocycles. The molecule has 24 heavy (non-hydrogen) atoms. The summed E-state index contributed by atoms with van der Waals surface area (Å²) in [6.45, 7) is 6.54. The summed E-state index contributed by atoms with van der Waals surface area (Å²) in [5.74, 6) is 0.757. The Labute approximate surface area is 147 Å². The molecule has 1 atom stereocenters. The minimum absolute atomic E-state index is 0.0506. The summed E-state index contributed by atoms with van der Waals surface area (Å²) in [5, 5.41) is 12.8. The van der Waals surface area contributed by atoms with Gasteiger partial charge in [0.2, 0.25) is 5.91 Å². The fourth-order valence-electron chi connectivity index (χ4n) is 2.21. The average molecular weight is 347 g/mol. The molecule has 1 aromatic carbocycles. The van der Waals surface area contributed by atoms with Crippen LogP contribution >= 0.6 is 11.8 Å². The first-order valence-corrected chi connectivity index (χ1v) is 9.17. The zero-order chi connectivity index (χ0) is 17.5. The maximum atomic E-state index is 11.8. The van der Waals surface area contributed by atoms with E-state index in [1.54, 1.807) is 13.1 Å². The molecule has 6 heteroatoms. The molecule has 0 aliphatic carbocycles. The molecular weight excluding hydrogens is 322 g/mol. The number of thioether (sulfide) groups is 1. The van der Waals surface area contributed by atoms with E-state index >= 15 is 0 Å². The number of amides is 1. The zero-order valence-electron chi connectivity index (χ0n) is 14.4. The number of carbonyl (C=O) groups excluding carboxylic acids is 1. The van der Waals surface area contributed by atoms with Crippen LogP contribution in [0.5, 0.6) is 0 Å². The highest BCUT2D eigenvalue weighted by Gasteiger charge is 2.09. The number of hydrogen-bond acceptors (Lipinski definition) is 4. The van der Waals surface area contributed by atoms with Crippen LogP contribution in [0.2, 0.25) is 0 Å². The third-order valence-corrected chi connectivity index (χ3v) is 4.63. The Kier molecular flexibility index (Phi) is 6.87. The number of imidazole rings is 1. The van der Waals surface area contributed by atoms with Crippen LogP contribution in [0.15, 0.2) is 41.8 Å². The Morgan fingerprint density at radius 1 is 1.29 bits per heavy atom. The minimum Gasteiger partial charge on any atom is -0.393 e. The Hall–Kier alpha value is -1.79. The summed E-state index contributed by atoms with van der Waals surface area (Å²) in [7, 11) is 0. The lowest BCUT2D eigenvalue weighted by Gasteiger charge is -2.10. The van der Waals surface area contributed by atoms with Gasteiger partial charge in [0, 0.05) is 24.6 Å². The second-order valence-corrected chi connectivity index (χ2v) is 7.04. The van der Waals surface area contributed by atoms with Crippen molar-refractivity contribution < 1.29 is 9.90 Å². The van der Waals surface area contributed by atoms with Crippen molar-refractivity contribution >= 4 is 17.7 Å². The number of hydrogen-bond donors (Lipinski definition) is 2.